The molecule has 1 saturated heterocycles. The molecule has 0 radical (unpaired) electrons. The molecule has 38 heavy (non-hydrogen) atoms. The first kappa shape index (κ1) is 26.0. The van der Waals surface area contributed by atoms with Crippen molar-refractivity contribution in [3.63, 3.8) is 0 Å². The van der Waals surface area contributed by atoms with Gasteiger partial charge in [-0.25, -0.2) is 0 Å². The van der Waals surface area contributed by atoms with Gasteiger partial charge in [-0.3, -0.25) is 9.69 Å². The molecule has 0 unspecified atom stereocenters. The fourth-order valence-corrected chi connectivity index (χ4v) is 5.35. The number of hydrogen-bond acceptors (Lipinski definition) is 6. The summed E-state index contributed by atoms with van der Waals surface area (Å²) >= 11 is 0. The topological polar surface area (TPSA) is 98.2 Å². The number of methoxy groups -OCH3 is 1. The highest BCUT2D eigenvalue weighted by Gasteiger charge is 2.26. The lowest BCUT2D eigenvalue weighted by Crippen LogP contribution is -2.32. The van der Waals surface area contributed by atoms with Crippen LogP contribution in [-0.2, 0) is 35.6 Å². The Morgan fingerprint density at radius 1 is 1.08 bits per heavy atom. The Kier molecular flexibility index (Phi) is 8.08. The number of ether oxygens (including phenoxy) is 2. The Bertz CT molecular complexity index is 1410. The predicted molar refractivity (Wildman–Crippen MR) is 147 cm³/mol. The van der Waals surface area contributed by atoms with Gasteiger partial charge in [-0.2, -0.15) is 0 Å². The number of rotatable bonds is 11. The van der Waals surface area contributed by atoms with Gasteiger partial charge in [-0.15, -0.1) is 0 Å². The lowest BCUT2D eigenvalue weighted by Gasteiger charge is -2.24. The number of likely N-dealkylation sites (tertiary alicyclic amines) is 1. The molecule has 7 nitrogen and oxygen atoms in total. The van der Waals surface area contributed by atoms with Gasteiger partial charge in [0, 0.05) is 48.3 Å². The first-order chi connectivity index (χ1) is 18.6. The van der Waals surface area contributed by atoms with E-state index in [9.17, 15) is 9.90 Å². The van der Waals surface area contributed by atoms with Crippen molar-refractivity contribution in [1.82, 2.24) is 4.90 Å². The molecular weight excluding hydrogens is 480 g/mol. The molecule has 3 aromatic carbocycles. The predicted octanol–water partition coefficient (Wildman–Crippen LogP) is 5.38. The molecule has 1 aliphatic heterocycles. The highest BCUT2D eigenvalue weighted by Crippen LogP contribution is 2.34. The van der Waals surface area contributed by atoms with Crippen LogP contribution in [0.4, 0.5) is 0 Å². The molecule has 0 spiro atoms. The molecule has 198 valence electrons. The molecule has 0 bridgehead atoms. The van der Waals surface area contributed by atoms with Crippen molar-refractivity contribution >= 4 is 16.9 Å². The lowest BCUT2D eigenvalue weighted by molar-refractivity contribution is -0.136. The number of nitrogens with zero attached hydrogens (tertiary/aromatic N) is 1. The molecule has 0 aliphatic carbocycles. The van der Waals surface area contributed by atoms with Gasteiger partial charge in [0.25, 0.3) is 0 Å². The number of para-hydroxylation sites is 1. The van der Waals surface area contributed by atoms with E-state index in [0.29, 0.717) is 30.5 Å². The van der Waals surface area contributed by atoms with Gasteiger partial charge >= 0.3 is 5.97 Å². The fraction of sp³-hybridized carbons (Fsp3) is 0.323. The Hall–Kier alpha value is -3.65. The van der Waals surface area contributed by atoms with Crippen LogP contribution in [0, 0.1) is 0 Å². The van der Waals surface area contributed by atoms with Gasteiger partial charge in [0.05, 0.1) is 19.3 Å². The Morgan fingerprint density at radius 3 is 2.76 bits per heavy atom. The number of hydrogen-bond donors (Lipinski definition) is 2. The molecule has 5 rings (SSSR count). The van der Waals surface area contributed by atoms with Gasteiger partial charge in [-0.05, 0) is 60.3 Å². The summed E-state index contributed by atoms with van der Waals surface area (Å²) in [7, 11) is 1.76. The molecule has 1 aromatic heterocycles. The van der Waals surface area contributed by atoms with Crippen LogP contribution in [0.5, 0.6) is 5.75 Å². The summed E-state index contributed by atoms with van der Waals surface area (Å²) in [5, 5.41) is 10.3. The number of fused-ring (bicyclic) bond motifs is 1. The number of nitrogens with two attached hydrogens (primary N) is 1. The number of carbonyl (C=O) groups is 1. The smallest absolute Gasteiger partial charge is 0.307 e. The lowest BCUT2D eigenvalue weighted by atomic mass is 9.97. The second-order valence-corrected chi connectivity index (χ2v) is 9.87. The third-order valence-corrected chi connectivity index (χ3v) is 7.26. The zero-order valence-corrected chi connectivity index (χ0v) is 21.7. The van der Waals surface area contributed by atoms with Crippen molar-refractivity contribution < 1.29 is 23.8 Å². The quantitative estimate of drug-likeness (QED) is 0.277. The molecule has 4 aromatic rings. The van der Waals surface area contributed by atoms with Crippen LogP contribution in [0.25, 0.3) is 22.1 Å². The van der Waals surface area contributed by atoms with E-state index in [-0.39, 0.29) is 13.0 Å². The van der Waals surface area contributed by atoms with Crippen LogP contribution in [0.3, 0.4) is 0 Å². The zero-order chi connectivity index (χ0) is 26.5. The minimum absolute atomic E-state index is 0.0907. The van der Waals surface area contributed by atoms with Gasteiger partial charge < -0.3 is 24.7 Å². The van der Waals surface area contributed by atoms with E-state index in [1.54, 1.807) is 25.5 Å². The van der Waals surface area contributed by atoms with E-state index in [2.05, 4.69) is 29.2 Å². The van der Waals surface area contributed by atoms with Crippen molar-refractivity contribution in [2.75, 3.05) is 20.3 Å². The van der Waals surface area contributed by atoms with Crippen LogP contribution >= 0.6 is 0 Å². The molecule has 0 amide bonds. The number of benzene rings is 3. The van der Waals surface area contributed by atoms with Gasteiger partial charge in [0.2, 0.25) is 0 Å². The Labute approximate surface area is 222 Å². The van der Waals surface area contributed by atoms with Gasteiger partial charge in [-0.1, -0.05) is 36.4 Å². The van der Waals surface area contributed by atoms with Crippen LogP contribution in [-0.4, -0.2) is 42.3 Å². The van der Waals surface area contributed by atoms with Crippen LogP contribution in [0.2, 0.25) is 0 Å². The zero-order valence-electron chi connectivity index (χ0n) is 21.7. The second-order valence-electron chi connectivity index (χ2n) is 9.87. The number of carboxylic acids is 1. The summed E-state index contributed by atoms with van der Waals surface area (Å²) in [5.41, 5.74) is 12.7. The van der Waals surface area contributed by atoms with Crippen LogP contribution < -0.4 is 10.5 Å². The van der Waals surface area contributed by atoms with E-state index in [1.165, 1.54) is 0 Å². The molecular formula is C31H34N2O5. The normalized spacial score (nSPS) is 15.8. The van der Waals surface area contributed by atoms with E-state index in [1.807, 2.05) is 24.3 Å². The highest BCUT2D eigenvalue weighted by molar-refractivity contribution is 5.89. The summed E-state index contributed by atoms with van der Waals surface area (Å²) in [6, 6.07) is 20.3. The van der Waals surface area contributed by atoms with Crippen molar-refractivity contribution in [3.05, 3.63) is 89.2 Å². The van der Waals surface area contributed by atoms with E-state index in [0.717, 1.165) is 64.7 Å². The fourth-order valence-electron chi connectivity index (χ4n) is 5.35. The maximum atomic E-state index is 11.3. The summed E-state index contributed by atoms with van der Waals surface area (Å²) in [6.45, 7) is 3.26. The van der Waals surface area contributed by atoms with Crippen molar-refractivity contribution in [2.45, 2.75) is 45.0 Å². The first-order valence-electron chi connectivity index (χ1n) is 13.0. The molecule has 1 atom stereocenters. The van der Waals surface area contributed by atoms with E-state index in [4.69, 9.17) is 19.6 Å². The van der Waals surface area contributed by atoms with E-state index >= 15 is 0 Å². The second kappa shape index (κ2) is 11.8. The minimum atomic E-state index is -0.891. The SMILES string of the molecule is COC[C@H]1CCCN1Cc1cc(-c2cccc(CN)c2)cc2c(COc3ccccc3CC(=O)O)coc12. The summed E-state index contributed by atoms with van der Waals surface area (Å²) in [6.07, 6.45) is 3.95. The number of carboxylic acid groups (broad SMARTS) is 1. The van der Waals surface area contributed by atoms with Crippen molar-refractivity contribution in [1.29, 1.82) is 0 Å². The average molecular weight is 515 g/mol. The molecule has 7 heteroatoms. The van der Waals surface area contributed by atoms with Crippen molar-refractivity contribution in [3.8, 4) is 16.9 Å². The first-order valence-corrected chi connectivity index (χ1v) is 13.0. The largest absolute Gasteiger partial charge is 0.488 e. The van der Waals surface area contributed by atoms with E-state index < -0.39 is 5.97 Å². The minimum Gasteiger partial charge on any atom is -0.488 e. The molecule has 2 heterocycles. The average Bonchev–Trinajstić information content (AvgIpc) is 3.55. The molecule has 0 saturated carbocycles. The summed E-state index contributed by atoms with van der Waals surface area (Å²) in [5.74, 6) is -0.326. The summed E-state index contributed by atoms with van der Waals surface area (Å²) in [4.78, 5) is 13.8. The van der Waals surface area contributed by atoms with Crippen molar-refractivity contribution in [2.24, 2.45) is 5.73 Å². The molecule has 3 N–H and O–H groups in total. The van der Waals surface area contributed by atoms with Gasteiger partial charge in [0.1, 0.15) is 17.9 Å². The Morgan fingerprint density at radius 2 is 1.95 bits per heavy atom. The maximum Gasteiger partial charge on any atom is 0.307 e. The maximum absolute atomic E-state index is 11.3. The number of aliphatic carboxylic acids is 1. The Balaban J connectivity index is 1.51. The number of furan rings is 1. The van der Waals surface area contributed by atoms with Crippen LogP contribution in [0.1, 0.15) is 35.1 Å². The summed E-state index contributed by atoms with van der Waals surface area (Å²) < 4.78 is 17.8. The monoisotopic (exact) mass is 514 g/mol. The van der Waals surface area contributed by atoms with Crippen LogP contribution in [0.15, 0.2) is 71.3 Å². The molecule has 1 aliphatic rings. The highest BCUT2D eigenvalue weighted by atomic mass is 16.5. The third kappa shape index (κ3) is 5.75. The standard InChI is InChI=1S/C31H34N2O5/c1-36-20-27-9-5-11-33(27)17-25-13-24(22-8-4-6-21(12-22)16-32)14-28-26(19-38-31(25)28)18-37-29-10-3-2-7-23(29)15-30(34)35/h2-4,6-8,10,12-14,19,27H,5,9,11,15-18,20,32H2,1H3,(H,34,35)/t27-/m1/s1. The van der Waals surface area contributed by atoms with Gasteiger partial charge in [0.15, 0.2) is 0 Å². The molecule has 1 fully saturated rings. The third-order valence-electron chi connectivity index (χ3n) is 7.26.